The third kappa shape index (κ3) is 5.21. The number of anilines is 1. The highest BCUT2D eigenvalue weighted by Gasteiger charge is 2.27. The molecular weight excluding hydrogens is 470 g/mol. The highest BCUT2D eigenvalue weighted by atomic mass is 32.2. The molecule has 182 valence electrons. The van der Waals surface area contributed by atoms with Gasteiger partial charge in [0.25, 0.3) is 0 Å². The lowest BCUT2D eigenvalue weighted by Gasteiger charge is -2.23. The minimum atomic E-state index is -0.0885. The summed E-state index contributed by atoms with van der Waals surface area (Å²) >= 11 is 1.39. The van der Waals surface area contributed by atoms with Crippen LogP contribution in [0, 0.1) is 13.8 Å². The van der Waals surface area contributed by atoms with Crippen LogP contribution in [0.1, 0.15) is 29.2 Å². The molecule has 2 heterocycles. The van der Waals surface area contributed by atoms with Gasteiger partial charge < -0.3 is 14.8 Å². The summed E-state index contributed by atoms with van der Waals surface area (Å²) in [6.07, 6.45) is 0.599. The molecule has 0 radical (unpaired) electrons. The van der Waals surface area contributed by atoms with E-state index < -0.39 is 0 Å². The predicted octanol–water partition coefficient (Wildman–Crippen LogP) is 6.59. The van der Waals surface area contributed by atoms with Crippen LogP contribution in [0.3, 0.4) is 0 Å². The van der Waals surface area contributed by atoms with E-state index in [0.29, 0.717) is 36.2 Å². The average Bonchev–Trinajstić information content (AvgIpc) is 2.86. The number of benzene rings is 3. The monoisotopic (exact) mass is 497 g/mol. The number of amides is 1. The van der Waals surface area contributed by atoms with Gasteiger partial charge in [-0.25, -0.2) is 4.98 Å². The summed E-state index contributed by atoms with van der Waals surface area (Å²) in [6.45, 7) is 6.53. The van der Waals surface area contributed by atoms with Crippen molar-refractivity contribution in [2.75, 3.05) is 17.7 Å². The first-order chi connectivity index (χ1) is 17.5. The van der Waals surface area contributed by atoms with Gasteiger partial charge >= 0.3 is 0 Å². The number of thioether (sulfide) groups is 1. The first-order valence-corrected chi connectivity index (χ1v) is 12.9. The third-order valence-corrected chi connectivity index (χ3v) is 6.75. The molecule has 5 rings (SSSR count). The minimum absolute atomic E-state index is 0.0885. The van der Waals surface area contributed by atoms with Crippen LogP contribution in [0.2, 0.25) is 0 Å². The van der Waals surface area contributed by atoms with E-state index in [2.05, 4.69) is 11.4 Å². The number of aromatic nitrogens is 2. The fraction of sp³-hybridized carbons (Fsp3) is 0.207. The van der Waals surface area contributed by atoms with Gasteiger partial charge in [-0.3, -0.25) is 4.79 Å². The van der Waals surface area contributed by atoms with Gasteiger partial charge in [-0.1, -0.05) is 60.3 Å². The molecule has 36 heavy (non-hydrogen) atoms. The number of rotatable bonds is 7. The average molecular weight is 498 g/mol. The summed E-state index contributed by atoms with van der Waals surface area (Å²) in [6, 6.07) is 21.7. The van der Waals surface area contributed by atoms with Crippen LogP contribution in [0.4, 0.5) is 5.69 Å². The van der Waals surface area contributed by atoms with Crippen molar-refractivity contribution in [1.82, 2.24) is 9.97 Å². The zero-order valence-electron chi connectivity index (χ0n) is 20.5. The van der Waals surface area contributed by atoms with Crippen LogP contribution in [0.25, 0.3) is 11.4 Å². The number of hydrogen-bond donors (Lipinski definition) is 1. The molecule has 0 saturated heterocycles. The minimum Gasteiger partial charge on any atom is -0.490 e. The smallest absolute Gasteiger partial charge is 0.234 e. The summed E-state index contributed by atoms with van der Waals surface area (Å²) in [5.74, 6) is 2.57. The third-order valence-electron chi connectivity index (χ3n) is 5.73. The maximum absolute atomic E-state index is 12.8. The molecule has 0 aliphatic carbocycles. The second-order valence-electron chi connectivity index (χ2n) is 8.67. The van der Waals surface area contributed by atoms with Crippen molar-refractivity contribution in [3.8, 4) is 28.8 Å². The number of carbonyl (C=O) groups excluding carboxylic acids is 1. The molecule has 0 unspecified atom stereocenters. The Bertz CT molecular complexity index is 1400. The van der Waals surface area contributed by atoms with Gasteiger partial charge in [0.1, 0.15) is 5.03 Å². The SMILES string of the molecule is CCOc1cccc2c1Oc1nc(-c3ccccc3)nc(SCC(=O)Nc3cc(C)cc(C)c3)c1C2. The van der Waals surface area contributed by atoms with Crippen molar-refractivity contribution < 1.29 is 14.3 Å². The van der Waals surface area contributed by atoms with E-state index in [-0.39, 0.29) is 11.7 Å². The van der Waals surface area contributed by atoms with Gasteiger partial charge in [0, 0.05) is 23.2 Å². The summed E-state index contributed by atoms with van der Waals surface area (Å²) in [4.78, 5) is 22.4. The van der Waals surface area contributed by atoms with Crippen molar-refractivity contribution in [3.05, 3.63) is 89.0 Å². The fourth-order valence-corrected chi connectivity index (χ4v) is 5.09. The van der Waals surface area contributed by atoms with Crippen LogP contribution in [0.5, 0.6) is 17.4 Å². The summed E-state index contributed by atoms with van der Waals surface area (Å²) in [7, 11) is 0. The fourth-order valence-electron chi connectivity index (χ4n) is 4.27. The number of nitrogens with one attached hydrogen (secondary N) is 1. The second kappa shape index (κ2) is 10.4. The zero-order chi connectivity index (χ0) is 25.1. The maximum atomic E-state index is 12.8. The van der Waals surface area contributed by atoms with Crippen molar-refractivity contribution >= 4 is 23.4 Å². The van der Waals surface area contributed by atoms with E-state index in [1.165, 1.54) is 11.8 Å². The van der Waals surface area contributed by atoms with E-state index >= 15 is 0 Å². The van der Waals surface area contributed by atoms with Crippen LogP contribution in [-0.2, 0) is 11.2 Å². The van der Waals surface area contributed by atoms with Gasteiger partial charge in [0.15, 0.2) is 17.3 Å². The number of fused-ring (bicyclic) bond motifs is 2. The lowest BCUT2D eigenvalue weighted by Crippen LogP contribution is -2.15. The number of para-hydroxylation sites is 1. The largest absolute Gasteiger partial charge is 0.490 e. The Kier molecular flexibility index (Phi) is 6.91. The molecule has 0 saturated carbocycles. The second-order valence-corrected chi connectivity index (χ2v) is 9.64. The quantitative estimate of drug-likeness (QED) is 0.202. The van der Waals surface area contributed by atoms with Crippen LogP contribution < -0.4 is 14.8 Å². The van der Waals surface area contributed by atoms with Gasteiger partial charge in [0.05, 0.1) is 17.9 Å². The Hall–Kier alpha value is -3.84. The Labute approximate surface area is 215 Å². The molecule has 0 fully saturated rings. The molecule has 0 bridgehead atoms. The summed E-state index contributed by atoms with van der Waals surface area (Å²) < 4.78 is 12.1. The van der Waals surface area contributed by atoms with Crippen molar-refractivity contribution in [2.45, 2.75) is 32.2 Å². The Morgan fingerprint density at radius 1 is 1.03 bits per heavy atom. The standard InChI is InChI=1S/C29H27N3O3S/c1-4-34-24-12-8-11-21-16-23-28(35-26(21)24)31-27(20-9-6-5-7-10-20)32-29(23)36-17-25(33)30-22-14-18(2)13-19(3)15-22/h5-15H,4,16-17H2,1-3H3,(H,30,33). The van der Waals surface area contributed by atoms with Crippen molar-refractivity contribution in [2.24, 2.45) is 0 Å². The van der Waals surface area contributed by atoms with Crippen molar-refractivity contribution in [3.63, 3.8) is 0 Å². The molecule has 1 aliphatic rings. The summed E-state index contributed by atoms with van der Waals surface area (Å²) in [5.41, 5.74) is 5.78. The molecule has 1 aliphatic heterocycles. The first kappa shape index (κ1) is 23.9. The molecule has 4 aromatic rings. The number of aryl methyl sites for hydroxylation is 2. The van der Waals surface area contributed by atoms with Crippen LogP contribution in [-0.4, -0.2) is 28.2 Å². The molecule has 1 amide bonds. The highest BCUT2D eigenvalue weighted by molar-refractivity contribution is 8.00. The molecule has 7 heteroatoms. The van der Waals surface area contributed by atoms with Gasteiger partial charge in [-0.15, -0.1) is 0 Å². The predicted molar refractivity (Wildman–Crippen MR) is 143 cm³/mol. The van der Waals surface area contributed by atoms with E-state index in [4.69, 9.17) is 19.4 Å². The number of nitrogens with zero attached hydrogens (tertiary/aromatic N) is 2. The summed E-state index contributed by atoms with van der Waals surface area (Å²) in [5, 5.41) is 3.74. The number of carbonyl (C=O) groups is 1. The normalized spacial score (nSPS) is 11.8. The first-order valence-electron chi connectivity index (χ1n) is 11.9. The molecule has 1 aromatic heterocycles. The molecule has 3 aromatic carbocycles. The molecule has 1 N–H and O–H groups in total. The van der Waals surface area contributed by atoms with Gasteiger partial charge in [-0.2, -0.15) is 4.98 Å². The Morgan fingerprint density at radius 3 is 2.56 bits per heavy atom. The van der Waals surface area contributed by atoms with E-state index in [0.717, 1.165) is 38.5 Å². The lowest BCUT2D eigenvalue weighted by atomic mass is 10.0. The highest BCUT2D eigenvalue weighted by Crippen LogP contribution is 2.44. The Morgan fingerprint density at radius 2 is 1.81 bits per heavy atom. The molecule has 6 nitrogen and oxygen atoms in total. The number of ether oxygens (including phenoxy) is 2. The van der Waals surface area contributed by atoms with Crippen molar-refractivity contribution in [1.29, 1.82) is 0 Å². The molecular formula is C29H27N3O3S. The maximum Gasteiger partial charge on any atom is 0.234 e. The topological polar surface area (TPSA) is 73.3 Å². The molecule has 0 spiro atoms. The number of hydrogen-bond acceptors (Lipinski definition) is 6. The van der Waals surface area contributed by atoms with E-state index in [1.54, 1.807) is 0 Å². The van der Waals surface area contributed by atoms with Crippen LogP contribution >= 0.6 is 11.8 Å². The zero-order valence-corrected chi connectivity index (χ0v) is 21.3. The lowest BCUT2D eigenvalue weighted by molar-refractivity contribution is -0.113. The van der Waals surface area contributed by atoms with E-state index in [9.17, 15) is 4.79 Å². The van der Waals surface area contributed by atoms with Gasteiger partial charge in [0.2, 0.25) is 11.8 Å². The van der Waals surface area contributed by atoms with Crippen LogP contribution in [0.15, 0.2) is 71.8 Å². The van der Waals surface area contributed by atoms with Gasteiger partial charge in [-0.05, 0) is 50.1 Å². The molecule has 0 atom stereocenters. The Balaban J connectivity index is 1.45. The van der Waals surface area contributed by atoms with E-state index in [1.807, 2.05) is 81.4 Å².